The number of nitrogens with zero attached hydrogens (tertiary/aromatic N) is 2. The van der Waals surface area contributed by atoms with Crippen molar-refractivity contribution < 1.29 is 5.11 Å². The Morgan fingerprint density at radius 3 is 3.00 bits per heavy atom. The maximum absolute atomic E-state index is 8.65. The molecule has 5 nitrogen and oxygen atoms in total. The molecule has 0 saturated carbocycles. The molecule has 1 heterocycles. The molecule has 0 saturated heterocycles. The number of nitrogens with one attached hydrogen (secondary N) is 1. The van der Waals surface area contributed by atoms with Crippen LogP contribution in [0.15, 0.2) is 12.5 Å². The molecule has 80 valence electrons. The zero-order chi connectivity index (χ0) is 10.4. The first kappa shape index (κ1) is 11.2. The Kier molecular flexibility index (Phi) is 4.58. The molecule has 1 rings (SSSR count). The molecule has 0 bridgehead atoms. The first-order valence-electron chi connectivity index (χ1n) is 4.80. The van der Waals surface area contributed by atoms with E-state index in [1.807, 2.05) is 17.8 Å². The Labute approximate surface area is 83.9 Å². The van der Waals surface area contributed by atoms with Gasteiger partial charge in [-0.2, -0.15) is 0 Å². The zero-order valence-electron chi connectivity index (χ0n) is 8.48. The summed E-state index contributed by atoms with van der Waals surface area (Å²) in [6, 6.07) is 0.119. The number of aliphatic hydroxyl groups is 1. The molecular weight excluding hydrogens is 180 g/mol. The summed E-state index contributed by atoms with van der Waals surface area (Å²) in [4.78, 5) is 4.04. The van der Waals surface area contributed by atoms with E-state index >= 15 is 0 Å². The highest BCUT2D eigenvalue weighted by atomic mass is 16.3. The normalized spacial score (nSPS) is 13.1. The van der Waals surface area contributed by atoms with Gasteiger partial charge in [0.25, 0.3) is 0 Å². The number of rotatable bonds is 6. The summed E-state index contributed by atoms with van der Waals surface area (Å²) in [6.45, 7) is 1.50. The molecule has 0 radical (unpaired) electrons. The van der Waals surface area contributed by atoms with Gasteiger partial charge in [-0.05, 0) is 13.0 Å². The van der Waals surface area contributed by atoms with E-state index in [0.29, 0.717) is 6.54 Å². The topological polar surface area (TPSA) is 76.1 Å². The van der Waals surface area contributed by atoms with Gasteiger partial charge in [0.05, 0.1) is 18.1 Å². The summed E-state index contributed by atoms with van der Waals surface area (Å²) in [5, 5.41) is 11.9. The van der Waals surface area contributed by atoms with Crippen molar-refractivity contribution >= 4 is 0 Å². The van der Waals surface area contributed by atoms with Gasteiger partial charge in [-0.25, -0.2) is 4.98 Å². The first-order valence-corrected chi connectivity index (χ1v) is 4.80. The van der Waals surface area contributed by atoms with Crippen LogP contribution in [0.1, 0.15) is 18.2 Å². The van der Waals surface area contributed by atoms with Crippen LogP contribution in [0.3, 0.4) is 0 Å². The minimum atomic E-state index is 0.119. The van der Waals surface area contributed by atoms with Crippen LogP contribution >= 0.6 is 0 Å². The van der Waals surface area contributed by atoms with Gasteiger partial charge in [-0.3, -0.25) is 0 Å². The number of aliphatic hydroxyl groups excluding tert-OH is 1. The Morgan fingerprint density at radius 2 is 2.50 bits per heavy atom. The van der Waals surface area contributed by atoms with Crippen LogP contribution in [0, 0.1) is 0 Å². The third kappa shape index (κ3) is 2.80. The highest BCUT2D eigenvalue weighted by Crippen LogP contribution is 2.09. The summed E-state index contributed by atoms with van der Waals surface area (Å²) in [5.41, 5.74) is 6.72. The smallest absolute Gasteiger partial charge is 0.0946 e. The maximum atomic E-state index is 8.65. The summed E-state index contributed by atoms with van der Waals surface area (Å²) in [7, 11) is 1.94. The van der Waals surface area contributed by atoms with Crippen LogP contribution in [0.2, 0.25) is 0 Å². The number of nitrogens with two attached hydrogens (primary N) is 1. The van der Waals surface area contributed by atoms with Crippen LogP contribution in [0.25, 0.3) is 0 Å². The molecule has 0 aliphatic heterocycles. The third-order valence-electron chi connectivity index (χ3n) is 2.17. The summed E-state index contributed by atoms with van der Waals surface area (Å²) < 4.78 is 1.95. The fourth-order valence-corrected chi connectivity index (χ4v) is 1.37. The van der Waals surface area contributed by atoms with Crippen LogP contribution in [0.5, 0.6) is 0 Å². The van der Waals surface area contributed by atoms with Gasteiger partial charge in [0.15, 0.2) is 0 Å². The number of hydrogen-bond donors (Lipinski definition) is 3. The van der Waals surface area contributed by atoms with Crippen molar-refractivity contribution in [3.8, 4) is 0 Å². The minimum absolute atomic E-state index is 0.119. The molecule has 0 aromatic carbocycles. The lowest BCUT2D eigenvalue weighted by Gasteiger charge is -2.16. The third-order valence-corrected chi connectivity index (χ3v) is 2.17. The second-order valence-corrected chi connectivity index (χ2v) is 3.25. The van der Waals surface area contributed by atoms with E-state index in [2.05, 4.69) is 10.3 Å². The van der Waals surface area contributed by atoms with Crippen molar-refractivity contribution in [2.24, 2.45) is 12.8 Å². The van der Waals surface area contributed by atoms with Gasteiger partial charge in [0.1, 0.15) is 0 Å². The molecule has 1 atom stereocenters. The molecule has 0 aliphatic carbocycles. The van der Waals surface area contributed by atoms with Crippen molar-refractivity contribution in [2.45, 2.75) is 12.5 Å². The van der Waals surface area contributed by atoms with Crippen LogP contribution in [0.4, 0.5) is 0 Å². The van der Waals surface area contributed by atoms with Crippen molar-refractivity contribution in [1.82, 2.24) is 14.9 Å². The summed E-state index contributed by atoms with van der Waals surface area (Å²) in [5.74, 6) is 0. The van der Waals surface area contributed by atoms with Gasteiger partial charge < -0.3 is 20.7 Å². The molecule has 0 aliphatic rings. The van der Waals surface area contributed by atoms with E-state index in [0.717, 1.165) is 18.7 Å². The van der Waals surface area contributed by atoms with Gasteiger partial charge in [-0.1, -0.05) is 0 Å². The zero-order valence-corrected chi connectivity index (χ0v) is 8.48. The Hall–Kier alpha value is -0.910. The second-order valence-electron chi connectivity index (χ2n) is 3.25. The molecule has 1 aromatic heterocycles. The monoisotopic (exact) mass is 198 g/mol. The minimum Gasteiger partial charge on any atom is -0.396 e. The van der Waals surface area contributed by atoms with Crippen LogP contribution in [-0.2, 0) is 7.05 Å². The average Bonchev–Trinajstić information content (AvgIpc) is 2.60. The Morgan fingerprint density at radius 1 is 1.71 bits per heavy atom. The van der Waals surface area contributed by atoms with Gasteiger partial charge >= 0.3 is 0 Å². The van der Waals surface area contributed by atoms with E-state index < -0.39 is 0 Å². The lowest BCUT2D eigenvalue weighted by atomic mass is 10.2. The Balaban J connectivity index is 2.50. The summed E-state index contributed by atoms with van der Waals surface area (Å²) in [6.07, 6.45) is 4.31. The highest BCUT2D eigenvalue weighted by Gasteiger charge is 2.11. The lowest BCUT2D eigenvalue weighted by Crippen LogP contribution is -2.30. The number of aromatic nitrogens is 2. The largest absolute Gasteiger partial charge is 0.396 e. The van der Waals surface area contributed by atoms with E-state index in [9.17, 15) is 0 Å². The van der Waals surface area contributed by atoms with E-state index in [4.69, 9.17) is 10.8 Å². The first-order chi connectivity index (χ1) is 6.79. The van der Waals surface area contributed by atoms with Gasteiger partial charge in [0, 0.05) is 26.4 Å². The lowest BCUT2D eigenvalue weighted by molar-refractivity contribution is 0.283. The number of hydrogen-bond acceptors (Lipinski definition) is 4. The Bertz CT molecular complexity index is 261. The average molecular weight is 198 g/mol. The fourth-order valence-electron chi connectivity index (χ4n) is 1.37. The van der Waals surface area contributed by atoms with Crippen molar-refractivity contribution in [3.05, 3.63) is 18.2 Å². The molecule has 4 N–H and O–H groups in total. The highest BCUT2D eigenvalue weighted by molar-refractivity contribution is 5.05. The van der Waals surface area contributed by atoms with Gasteiger partial charge in [0.2, 0.25) is 0 Å². The van der Waals surface area contributed by atoms with Crippen LogP contribution in [-0.4, -0.2) is 34.4 Å². The van der Waals surface area contributed by atoms with Crippen molar-refractivity contribution in [3.63, 3.8) is 0 Å². The molecule has 1 aromatic rings. The quantitative estimate of drug-likeness (QED) is 0.533. The standard InChI is InChI=1S/C9H18N4O/c1-13-7-11-6-9(13)8(5-10)12-3-2-4-14/h6-8,12,14H,2-5,10H2,1H3. The molecule has 1 unspecified atom stereocenters. The van der Waals surface area contributed by atoms with E-state index in [1.165, 1.54) is 0 Å². The van der Waals surface area contributed by atoms with Crippen molar-refractivity contribution in [1.29, 1.82) is 0 Å². The second kappa shape index (κ2) is 5.74. The number of aryl methyl sites for hydroxylation is 1. The SMILES string of the molecule is Cn1cncc1C(CN)NCCCO. The molecule has 5 heteroatoms. The summed E-state index contributed by atoms with van der Waals surface area (Å²) >= 11 is 0. The molecule has 0 fully saturated rings. The molecular formula is C9H18N4O. The fraction of sp³-hybridized carbons (Fsp3) is 0.667. The van der Waals surface area contributed by atoms with Gasteiger partial charge in [-0.15, -0.1) is 0 Å². The molecule has 14 heavy (non-hydrogen) atoms. The van der Waals surface area contributed by atoms with Crippen LogP contribution < -0.4 is 11.1 Å². The molecule has 0 spiro atoms. The predicted octanol–water partition coefficient (Wildman–Crippen LogP) is -0.608. The van der Waals surface area contributed by atoms with E-state index in [-0.39, 0.29) is 12.6 Å². The maximum Gasteiger partial charge on any atom is 0.0946 e. The van der Waals surface area contributed by atoms with Crippen molar-refractivity contribution in [2.75, 3.05) is 19.7 Å². The molecule has 0 amide bonds. The van der Waals surface area contributed by atoms with E-state index in [1.54, 1.807) is 6.33 Å². The predicted molar refractivity (Wildman–Crippen MR) is 54.7 cm³/mol. The number of imidazole rings is 1.